The van der Waals surface area contributed by atoms with Gasteiger partial charge in [0, 0.05) is 15.6 Å². The van der Waals surface area contributed by atoms with Crippen LogP contribution in [0.3, 0.4) is 0 Å². The monoisotopic (exact) mass is 346 g/mol. The molecule has 4 aromatic rings. The van der Waals surface area contributed by atoms with Crippen LogP contribution in [0, 0.1) is 0 Å². The lowest BCUT2D eigenvalue weighted by Crippen LogP contribution is -2.22. The molecule has 0 saturated carbocycles. The highest BCUT2D eigenvalue weighted by atomic mass is 35.5. The normalized spacial score (nSPS) is 12.5. The van der Waals surface area contributed by atoms with E-state index >= 15 is 0 Å². The fourth-order valence-corrected chi connectivity index (χ4v) is 3.87. The maximum Gasteiger partial charge on any atom is 0.274 e. The number of imidazole rings is 1. The summed E-state index contributed by atoms with van der Waals surface area (Å²) in [6, 6.07) is 12.8. The molecule has 3 nitrogen and oxygen atoms in total. The van der Waals surface area contributed by atoms with Crippen molar-refractivity contribution in [2.24, 2.45) is 0 Å². The van der Waals surface area contributed by atoms with Gasteiger partial charge in [-0.05, 0) is 30.3 Å². The molecule has 0 amide bonds. The lowest BCUT2D eigenvalue weighted by molar-refractivity contribution is 1.19. The highest BCUT2D eigenvalue weighted by molar-refractivity contribution is 7.15. The number of fused-ring (bicyclic) bond motifs is 3. The van der Waals surface area contributed by atoms with Crippen molar-refractivity contribution >= 4 is 56.6 Å². The maximum absolute atomic E-state index is 12.6. The summed E-state index contributed by atoms with van der Waals surface area (Å²) in [7, 11) is 0. The second kappa shape index (κ2) is 5.09. The van der Waals surface area contributed by atoms with Crippen molar-refractivity contribution in [3.05, 3.63) is 73.0 Å². The number of thiazole rings is 1. The van der Waals surface area contributed by atoms with Gasteiger partial charge in [-0.1, -0.05) is 52.7 Å². The molecular formula is C16H8Cl2N2OS. The summed E-state index contributed by atoms with van der Waals surface area (Å²) in [6.07, 6.45) is 1.72. The zero-order valence-electron chi connectivity index (χ0n) is 11.1. The number of nitrogens with zero attached hydrogens (tertiary/aromatic N) is 2. The Balaban J connectivity index is 2.06. The van der Waals surface area contributed by atoms with Gasteiger partial charge in [0.05, 0.1) is 15.6 Å². The highest BCUT2D eigenvalue weighted by Gasteiger charge is 2.11. The zero-order chi connectivity index (χ0) is 15.3. The van der Waals surface area contributed by atoms with Crippen molar-refractivity contribution in [1.29, 1.82) is 0 Å². The van der Waals surface area contributed by atoms with E-state index in [2.05, 4.69) is 4.98 Å². The van der Waals surface area contributed by atoms with Gasteiger partial charge in [-0.25, -0.2) is 9.38 Å². The third-order valence-corrected chi connectivity index (χ3v) is 5.05. The molecule has 0 aliphatic rings. The van der Waals surface area contributed by atoms with Crippen molar-refractivity contribution in [3.8, 4) is 0 Å². The second-order valence-corrected chi connectivity index (χ2v) is 6.59. The Morgan fingerprint density at radius 2 is 1.77 bits per heavy atom. The van der Waals surface area contributed by atoms with Gasteiger partial charge in [-0.3, -0.25) is 4.79 Å². The first kappa shape index (κ1) is 13.8. The highest BCUT2D eigenvalue weighted by Crippen LogP contribution is 2.25. The predicted molar refractivity (Wildman–Crippen MR) is 92.1 cm³/mol. The summed E-state index contributed by atoms with van der Waals surface area (Å²) in [5, 5.41) is 1.03. The van der Waals surface area contributed by atoms with E-state index in [9.17, 15) is 4.79 Å². The Morgan fingerprint density at radius 3 is 2.55 bits per heavy atom. The summed E-state index contributed by atoms with van der Waals surface area (Å²) in [5.41, 5.74) is 2.17. The lowest BCUT2D eigenvalue weighted by Gasteiger charge is -1.99. The zero-order valence-corrected chi connectivity index (χ0v) is 13.4. The molecule has 2 aromatic carbocycles. The lowest BCUT2D eigenvalue weighted by atomic mass is 10.2. The minimum absolute atomic E-state index is 0.107. The van der Waals surface area contributed by atoms with Crippen LogP contribution in [-0.2, 0) is 0 Å². The van der Waals surface area contributed by atoms with E-state index in [0.717, 1.165) is 11.0 Å². The number of aromatic nitrogens is 2. The largest absolute Gasteiger partial charge is 0.274 e. The minimum atomic E-state index is -0.107. The summed E-state index contributed by atoms with van der Waals surface area (Å²) in [4.78, 5) is 17.8. The number of halogens is 2. The van der Waals surface area contributed by atoms with Crippen molar-refractivity contribution in [2.45, 2.75) is 0 Å². The molecule has 0 aliphatic carbocycles. The Bertz CT molecular complexity index is 1110. The van der Waals surface area contributed by atoms with Crippen LogP contribution in [0.1, 0.15) is 5.56 Å². The number of hydrogen-bond donors (Lipinski definition) is 0. The molecular weight excluding hydrogens is 339 g/mol. The van der Waals surface area contributed by atoms with Gasteiger partial charge in [0.1, 0.15) is 0 Å². The molecule has 0 N–H and O–H groups in total. The van der Waals surface area contributed by atoms with Gasteiger partial charge in [-0.2, -0.15) is 0 Å². The fourth-order valence-electron chi connectivity index (χ4n) is 2.39. The first-order valence-corrected chi connectivity index (χ1v) is 8.08. The summed E-state index contributed by atoms with van der Waals surface area (Å²) in [5.74, 6) is 0. The van der Waals surface area contributed by atoms with Crippen molar-refractivity contribution in [3.63, 3.8) is 0 Å². The standard InChI is InChI=1S/C16H8Cl2N2OS/c17-10-4-3-5-11(18)9(10)8-14-15(21)20-13-7-2-1-6-12(13)19-16(20)22-14/h1-8H/b14-8+. The Labute approximate surface area is 139 Å². The fraction of sp³-hybridized carbons (Fsp3) is 0. The van der Waals surface area contributed by atoms with Gasteiger partial charge in [0.25, 0.3) is 5.56 Å². The molecule has 2 aromatic heterocycles. The van der Waals surface area contributed by atoms with Crippen molar-refractivity contribution < 1.29 is 0 Å². The molecule has 0 aliphatic heterocycles. The Hall–Kier alpha value is -1.88. The van der Waals surface area contributed by atoms with E-state index < -0.39 is 0 Å². The molecule has 22 heavy (non-hydrogen) atoms. The predicted octanol–water partition coefficient (Wildman–Crippen LogP) is 3.76. The van der Waals surface area contributed by atoms with Crippen LogP contribution in [0.25, 0.3) is 22.1 Å². The topological polar surface area (TPSA) is 34.4 Å². The van der Waals surface area contributed by atoms with Crippen molar-refractivity contribution in [1.82, 2.24) is 9.38 Å². The molecule has 0 spiro atoms. The average molecular weight is 347 g/mol. The molecule has 108 valence electrons. The van der Waals surface area contributed by atoms with Crippen LogP contribution >= 0.6 is 34.5 Å². The molecule has 0 unspecified atom stereocenters. The Morgan fingerprint density at radius 1 is 1.05 bits per heavy atom. The smallest absolute Gasteiger partial charge is 0.267 e. The first-order chi connectivity index (χ1) is 10.6. The van der Waals surface area contributed by atoms with E-state index in [-0.39, 0.29) is 5.56 Å². The number of hydrogen-bond acceptors (Lipinski definition) is 3. The van der Waals surface area contributed by atoms with E-state index in [1.807, 2.05) is 24.3 Å². The third-order valence-electron chi connectivity index (χ3n) is 3.42. The number of rotatable bonds is 1. The van der Waals surface area contributed by atoms with Gasteiger partial charge < -0.3 is 0 Å². The van der Waals surface area contributed by atoms with E-state index in [1.54, 1.807) is 28.7 Å². The van der Waals surface area contributed by atoms with Gasteiger partial charge >= 0.3 is 0 Å². The molecule has 0 radical (unpaired) electrons. The van der Waals surface area contributed by atoms with Crippen LogP contribution in [0.15, 0.2) is 47.3 Å². The Kier molecular flexibility index (Phi) is 3.18. The first-order valence-electron chi connectivity index (χ1n) is 6.51. The molecule has 0 fully saturated rings. The summed E-state index contributed by atoms with van der Waals surface area (Å²) in [6.45, 7) is 0. The second-order valence-electron chi connectivity index (χ2n) is 4.77. The SMILES string of the molecule is O=c1/c(=C\c2c(Cl)cccc2Cl)sc2nc3ccccc3n12. The molecule has 6 heteroatoms. The number of benzene rings is 2. The van der Waals surface area contributed by atoms with Crippen LogP contribution in [-0.4, -0.2) is 9.38 Å². The van der Waals surface area contributed by atoms with E-state index in [4.69, 9.17) is 23.2 Å². The average Bonchev–Trinajstić information content (AvgIpc) is 3.00. The van der Waals surface area contributed by atoms with Crippen molar-refractivity contribution in [2.75, 3.05) is 0 Å². The quantitative estimate of drug-likeness (QED) is 0.525. The molecule has 0 bridgehead atoms. The van der Waals surface area contributed by atoms with Gasteiger partial charge in [-0.15, -0.1) is 0 Å². The third kappa shape index (κ3) is 2.03. The minimum Gasteiger partial charge on any atom is -0.267 e. The van der Waals surface area contributed by atoms with E-state index in [0.29, 0.717) is 25.1 Å². The van der Waals surface area contributed by atoms with E-state index in [1.165, 1.54) is 11.3 Å². The van der Waals surface area contributed by atoms with Crippen LogP contribution in [0.5, 0.6) is 0 Å². The van der Waals surface area contributed by atoms with Gasteiger partial charge in [0.2, 0.25) is 0 Å². The van der Waals surface area contributed by atoms with Crippen LogP contribution in [0.4, 0.5) is 0 Å². The molecule has 0 atom stereocenters. The molecule has 2 heterocycles. The molecule has 4 rings (SSSR count). The van der Waals surface area contributed by atoms with Crippen LogP contribution < -0.4 is 10.1 Å². The molecule has 0 saturated heterocycles. The summed E-state index contributed by atoms with van der Waals surface area (Å²) < 4.78 is 2.18. The number of para-hydroxylation sites is 2. The van der Waals surface area contributed by atoms with Crippen LogP contribution in [0.2, 0.25) is 10.0 Å². The maximum atomic E-state index is 12.6. The summed E-state index contributed by atoms with van der Waals surface area (Å²) >= 11 is 13.7. The van der Waals surface area contributed by atoms with Gasteiger partial charge in [0.15, 0.2) is 4.96 Å².